The number of hydrogen-bond donors (Lipinski definition) is 0. The molecule has 1 aromatic rings. The first kappa shape index (κ1) is 11.2. The Kier molecular flexibility index (Phi) is 3.64. The summed E-state index contributed by atoms with van der Waals surface area (Å²) >= 11 is 0. The minimum absolute atomic E-state index is 0.0435. The molecule has 0 aromatic carbocycles. The van der Waals surface area contributed by atoms with E-state index < -0.39 is 0 Å². The number of nitrogens with zero attached hydrogens (tertiary/aromatic N) is 1. The summed E-state index contributed by atoms with van der Waals surface area (Å²) in [5.74, 6) is 0. The molecule has 1 heterocycles. The van der Waals surface area contributed by atoms with Crippen LogP contribution in [0.5, 0.6) is 0 Å². The smallest absolute Gasteiger partial charge is 0.0598 e. The largest absolute Gasteiger partial charge is 0.376 e. The molecule has 1 aromatic heterocycles. The minimum Gasteiger partial charge on any atom is -0.376 e. The fraction of sp³-hybridized carbons (Fsp3) is 0.583. The molecule has 0 atom stereocenters. The number of pyridine rings is 1. The number of rotatable bonds is 3. The van der Waals surface area contributed by atoms with Crippen molar-refractivity contribution < 1.29 is 4.74 Å². The van der Waals surface area contributed by atoms with Crippen LogP contribution in [0.15, 0.2) is 18.3 Å². The van der Waals surface area contributed by atoms with Crippen LogP contribution in [0.4, 0.5) is 0 Å². The van der Waals surface area contributed by atoms with Gasteiger partial charge in [-0.3, -0.25) is 4.98 Å². The normalized spacial score (nSPS) is 11.7. The zero-order valence-corrected chi connectivity index (χ0v) is 9.50. The van der Waals surface area contributed by atoms with Gasteiger partial charge in [-0.1, -0.05) is 6.07 Å². The average molecular weight is 193 g/mol. The summed E-state index contributed by atoms with van der Waals surface area (Å²) in [6.45, 7) is 8.96. The van der Waals surface area contributed by atoms with Crippen LogP contribution in [-0.4, -0.2) is 17.2 Å². The predicted octanol–water partition coefficient (Wildman–Crippen LogP) is 2.75. The van der Waals surface area contributed by atoms with Gasteiger partial charge in [-0.25, -0.2) is 0 Å². The summed E-state index contributed by atoms with van der Waals surface area (Å²) in [6, 6.07) is 4.14. The van der Waals surface area contributed by atoms with Gasteiger partial charge >= 0.3 is 0 Å². The van der Waals surface area contributed by atoms with Gasteiger partial charge in [0.2, 0.25) is 0 Å². The lowest BCUT2D eigenvalue weighted by molar-refractivity contribution is -0.00100. The second-order valence-electron chi connectivity index (χ2n) is 4.52. The first-order valence-corrected chi connectivity index (χ1v) is 5.03. The van der Waals surface area contributed by atoms with Crippen molar-refractivity contribution in [1.29, 1.82) is 0 Å². The molecule has 0 aliphatic rings. The molecule has 0 fully saturated rings. The van der Waals surface area contributed by atoms with E-state index in [9.17, 15) is 0 Å². The van der Waals surface area contributed by atoms with Crippen LogP contribution in [0.3, 0.4) is 0 Å². The van der Waals surface area contributed by atoms with Crippen molar-refractivity contribution in [2.45, 2.75) is 39.7 Å². The lowest BCUT2D eigenvalue weighted by atomic mass is 10.2. The van der Waals surface area contributed by atoms with Crippen molar-refractivity contribution in [2.24, 2.45) is 0 Å². The SMILES string of the molecule is Cc1ccc(CCOC(C)(C)C)cn1. The highest BCUT2D eigenvalue weighted by Crippen LogP contribution is 2.08. The van der Waals surface area contributed by atoms with Gasteiger partial charge in [0.15, 0.2) is 0 Å². The summed E-state index contributed by atoms with van der Waals surface area (Å²) in [6.07, 6.45) is 2.85. The van der Waals surface area contributed by atoms with E-state index in [1.807, 2.05) is 19.2 Å². The van der Waals surface area contributed by atoms with Crippen LogP contribution in [0.2, 0.25) is 0 Å². The molecule has 0 saturated carbocycles. The molecular formula is C12H19NO. The molecule has 1 rings (SSSR count). The Hall–Kier alpha value is -0.890. The molecule has 78 valence electrons. The first-order chi connectivity index (χ1) is 6.47. The van der Waals surface area contributed by atoms with Crippen LogP contribution in [0.25, 0.3) is 0 Å². The highest BCUT2D eigenvalue weighted by Gasteiger charge is 2.09. The van der Waals surface area contributed by atoms with Crippen molar-refractivity contribution >= 4 is 0 Å². The molecule has 0 spiro atoms. The summed E-state index contributed by atoms with van der Waals surface area (Å²) in [4.78, 5) is 4.24. The summed E-state index contributed by atoms with van der Waals surface area (Å²) in [5.41, 5.74) is 2.25. The number of hydrogen-bond acceptors (Lipinski definition) is 2. The second-order valence-corrected chi connectivity index (χ2v) is 4.52. The molecule has 2 heteroatoms. The van der Waals surface area contributed by atoms with Crippen LogP contribution in [-0.2, 0) is 11.2 Å². The minimum atomic E-state index is -0.0435. The third-order valence-electron chi connectivity index (χ3n) is 1.90. The highest BCUT2D eigenvalue weighted by atomic mass is 16.5. The van der Waals surface area contributed by atoms with Gasteiger partial charge in [-0.05, 0) is 45.7 Å². The van der Waals surface area contributed by atoms with Gasteiger partial charge in [0.05, 0.1) is 12.2 Å². The van der Waals surface area contributed by atoms with Crippen molar-refractivity contribution in [1.82, 2.24) is 4.98 Å². The van der Waals surface area contributed by atoms with Gasteiger partial charge < -0.3 is 4.74 Å². The van der Waals surface area contributed by atoms with E-state index in [-0.39, 0.29) is 5.60 Å². The Morgan fingerprint density at radius 2 is 2.00 bits per heavy atom. The van der Waals surface area contributed by atoms with E-state index in [1.54, 1.807) is 0 Å². The van der Waals surface area contributed by atoms with E-state index in [1.165, 1.54) is 5.56 Å². The van der Waals surface area contributed by atoms with E-state index in [4.69, 9.17) is 4.74 Å². The molecule has 14 heavy (non-hydrogen) atoms. The molecular weight excluding hydrogens is 174 g/mol. The van der Waals surface area contributed by atoms with Crippen LogP contribution < -0.4 is 0 Å². The van der Waals surface area contributed by atoms with Gasteiger partial charge in [0.25, 0.3) is 0 Å². The summed E-state index contributed by atoms with van der Waals surface area (Å²) in [5, 5.41) is 0. The molecule has 0 aliphatic heterocycles. The molecule has 0 aliphatic carbocycles. The molecule has 2 nitrogen and oxygen atoms in total. The topological polar surface area (TPSA) is 22.1 Å². The highest BCUT2D eigenvalue weighted by molar-refractivity contribution is 5.13. The zero-order valence-electron chi connectivity index (χ0n) is 9.50. The molecule has 0 saturated heterocycles. The number of ether oxygens (including phenoxy) is 1. The Labute approximate surface area is 86.3 Å². The Morgan fingerprint density at radius 1 is 1.29 bits per heavy atom. The lowest BCUT2D eigenvalue weighted by Crippen LogP contribution is -2.20. The van der Waals surface area contributed by atoms with Crippen LogP contribution >= 0.6 is 0 Å². The van der Waals surface area contributed by atoms with Gasteiger partial charge in [0.1, 0.15) is 0 Å². The number of aromatic nitrogens is 1. The predicted molar refractivity (Wildman–Crippen MR) is 58.4 cm³/mol. The monoisotopic (exact) mass is 193 g/mol. The standard InChI is InChI=1S/C12H19NO/c1-10-5-6-11(9-13-10)7-8-14-12(2,3)4/h5-6,9H,7-8H2,1-4H3. The molecule has 0 bridgehead atoms. The van der Waals surface area contributed by atoms with Crippen molar-refractivity contribution in [2.75, 3.05) is 6.61 Å². The van der Waals surface area contributed by atoms with Gasteiger partial charge in [-0.2, -0.15) is 0 Å². The fourth-order valence-corrected chi connectivity index (χ4v) is 1.12. The Morgan fingerprint density at radius 3 is 2.50 bits per heavy atom. The van der Waals surface area contributed by atoms with Crippen LogP contribution in [0, 0.1) is 6.92 Å². The Balaban J connectivity index is 2.35. The summed E-state index contributed by atoms with van der Waals surface area (Å²) in [7, 11) is 0. The maximum atomic E-state index is 5.64. The van der Waals surface area contributed by atoms with Crippen LogP contribution in [0.1, 0.15) is 32.0 Å². The maximum Gasteiger partial charge on any atom is 0.0598 e. The van der Waals surface area contributed by atoms with Gasteiger partial charge in [0, 0.05) is 11.9 Å². The second kappa shape index (κ2) is 4.56. The van der Waals surface area contributed by atoms with Crippen molar-refractivity contribution in [3.05, 3.63) is 29.6 Å². The molecule has 0 radical (unpaired) electrons. The lowest BCUT2D eigenvalue weighted by Gasteiger charge is -2.19. The third kappa shape index (κ3) is 4.38. The molecule has 0 amide bonds. The quantitative estimate of drug-likeness (QED) is 0.736. The molecule has 0 unspecified atom stereocenters. The fourth-order valence-electron chi connectivity index (χ4n) is 1.12. The number of aryl methyl sites for hydroxylation is 1. The maximum absolute atomic E-state index is 5.64. The third-order valence-corrected chi connectivity index (χ3v) is 1.90. The summed E-state index contributed by atoms with van der Waals surface area (Å²) < 4.78 is 5.64. The van der Waals surface area contributed by atoms with Crippen molar-refractivity contribution in [3.8, 4) is 0 Å². The zero-order chi connectivity index (χ0) is 10.6. The average Bonchev–Trinajstić information content (AvgIpc) is 2.06. The first-order valence-electron chi connectivity index (χ1n) is 5.03. The van der Waals surface area contributed by atoms with E-state index in [0.717, 1.165) is 18.7 Å². The van der Waals surface area contributed by atoms with E-state index in [2.05, 4.69) is 31.8 Å². The van der Waals surface area contributed by atoms with E-state index >= 15 is 0 Å². The molecule has 0 N–H and O–H groups in total. The Bertz CT molecular complexity index is 271. The van der Waals surface area contributed by atoms with Crippen molar-refractivity contribution in [3.63, 3.8) is 0 Å². The van der Waals surface area contributed by atoms with E-state index in [0.29, 0.717) is 0 Å². The van der Waals surface area contributed by atoms with Gasteiger partial charge in [-0.15, -0.1) is 0 Å².